The van der Waals surface area contributed by atoms with Crippen LogP contribution in [-0.2, 0) is 0 Å². The van der Waals surface area contributed by atoms with Crippen molar-refractivity contribution in [2.45, 2.75) is 19.4 Å². The van der Waals surface area contributed by atoms with Crippen molar-refractivity contribution in [2.75, 3.05) is 0 Å². The summed E-state index contributed by atoms with van der Waals surface area (Å²) in [5, 5.41) is 8.92. The Hall–Kier alpha value is -1.84. The fourth-order valence-electron chi connectivity index (χ4n) is 1.67. The molecule has 1 aliphatic rings. The number of para-hydroxylation sites is 1. The molecular formula is C11H10O4. The van der Waals surface area contributed by atoms with Crippen molar-refractivity contribution in [3.63, 3.8) is 0 Å². The van der Waals surface area contributed by atoms with Crippen molar-refractivity contribution in [2.24, 2.45) is 0 Å². The van der Waals surface area contributed by atoms with Gasteiger partial charge in [0, 0.05) is 6.42 Å². The highest BCUT2D eigenvalue weighted by Gasteiger charge is 2.27. The molecule has 0 saturated carbocycles. The summed E-state index contributed by atoms with van der Waals surface area (Å²) in [6.45, 7) is 1.75. The highest BCUT2D eigenvalue weighted by Crippen LogP contribution is 2.31. The van der Waals surface area contributed by atoms with Crippen LogP contribution < -0.4 is 4.74 Å². The summed E-state index contributed by atoms with van der Waals surface area (Å²) >= 11 is 0. The van der Waals surface area contributed by atoms with Gasteiger partial charge in [0.2, 0.25) is 0 Å². The maximum Gasteiger partial charge on any atom is 0.339 e. The summed E-state index contributed by atoms with van der Waals surface area (Å²) < 4.78 is 5.39. The number of ether oxygens (including phenoxy) is 1. The number of carbonyl (C=O) groups excluding carboxylic acids is 1. The molecule has 1 aliphatic heterocycles. The third kappa shape index (κ3) is 1.58. The quantitative estimate of drug-likeness (QED) is 0.760. The summed E-state index contributed by atoms with van der Waals surface area (Å²) in [5.74, 6) is -0.936. The minimum atomic E-state index is -1.08. The average Bonchev–Trinajstić information content (AvgIpc) is 2.16. The van der Waals surface area contributed by atoms with Crippen LogP contribution in [0.2, 0.25) is 0 Å². The summed E-state index contributed by atoms with van der Waals surface area (Å²) in [7, 11) is 0. The highest BCUT2D eigenvalue weighted by molar-refractivity contribution is 6.04. The summed E-state index contributed by atoms with van der Waals surface area (Å²) in [6.07, 6.45) is 0.0429. The number of hydrogen-bond acceptors (Lipinski definition) is 3. The van der Waals surface area contributed by atoms with Gasteiger partial charge in [-0.25, -0.2) is 4.79 Å². The lowest BCUT2D eigenvalue weighted by Gasteiger charge is -2.23. The standard InChI is InChI=1S/C11H10O4/c1-6-5-9(12)7-3-2-4-8(11(13)14)10(7)15-6/h2-4,6H,5H2,1H3,(H,13,14). The molecule has 78 valence electrons. The van der Waals surface area contributed by atoms with Gasteiger partial charge in [-0.1, -0.05) is 6.07 Å². The zero-order valence-corrected chi connectivity index (χ0v) is 8.19. The van der Waals surface area contributed by atoms with Crippen molar-refractivity contribution in [3.8, 4) is 5.75 Å². The topological polar surface area (TPSA) is 63.6 Å². The number of carboxylic acid groups (broad SMARTS) is 1. The highest BCUT2D eigenvalue weighted by atomic mass is 16.5. The van der Waals surface area contributed by atoms with E-state index in [0.717, 1.165) is 0 Å². The molecule has 4 nitrogen and oxygen atoms in total. The SMILES string of the molecule is CC1CC(=O)c2cccc(C(=O)O)c2O1. The van der Waals surface area contributed by atoms with E-state index in [1.807, 2.05) is 0 Å². The van der Waals surface area contributed by atoms with E-state index in [-0.39, 0.29) is 23.2 Å². The van der Waals surface area contributed by atoms with E-state index < -0.39 is 5.97 Å². The van der Waals surface area contributed by atoms with Gasteiger partial charge in [-0.2, -0.15) is 0 Å². The van der Waals surface area contributed by atoms with Gasteiger partial charge in [-0.05, 0) is 19.1 Å². The molecule has 1 aromatic carbocycles. The third-order valence-corrected chi connectivity index (χ3v) is 2.34. The normalized spacial score (nSPS) is 19.3. The Bertz CT molecular complexity index is 422. The Morgan fingerprint density at radius 2 is 2.27 bits per heavy atom. The van der Waals surface area contributed by atoms with E-state index in [1.54, 1.807) is 19.1 Å². The van der Waals surface area contributed by atoms with Crippen LogP contribution in [0, 0.1) is 0 Å². The molecule has 0 fully saturated rings. The third-order valence-electron chi connectivity index (χ3n) is 2.34. The molecule has 0 aliphatic carbocycles. The largest absolute Gasteiger partial charge is 0.489 e. The van der Waals surface area contributed by atoms with Crippen molar-refractivity contribution < 1.29 is 19.4 Å². The van der Waals surface area contributed by atoms with Gasteiger partial charge in [0.15, 0.2) is 5.78 Å². The van der Waals surface area contributed by atoms with Crippen LogP contribution in [0.5, 0.6) is 5.75 Å². The number of benzene rings is 1. The van der Waals surface area contributed by atoms with Crippen LogP contribution in [0.1, 0.15) is 34.1 Å². The zero-order chi connectivity index (χ0) is 11.0. The Kier molecular flexibility index (Phi) is 2.19. The summed E-state index contributed by atoms with van der Waals surface area (Å²) in [6, 6.07) is 4.59. The number of aromatic carboxylic acids is 1. The lowest BCUT2D eigenvalue weighted by atomic mass is 9.98. The minimum absolute atomic E-state index is 0.0485. The zero-order valence-electron chi connectivity index (χ0n) is 8.19. The van der Waals surface area contributed by atoms with Gasteiger partial charge in [0.25, 0.3) is 0 Å². The van der Waals surface area contributed by atoms with E-state index in [1.165, 1.54) is 6.07 Å². The number of carbonyl (C=O) groups is 2. The van der Waals surface area contributed by atoms with Gasteiger partial charge in [-0.15, -0.1) is 0 Å². The van der Waals surface area contributed by atoms with Gasteiger partial charge in [0.1, 0.15) is 17.4 Å². The number of rotatable bonds is 1. The molecule has 0 amide bonds. The van der Waals surface area contributed by atoms with Crippen molar-refractivity contribution in [1.82, 2.24) is 0 Å². The molecule has 0 saturated heterocycles. The number of carboxylic acids is 1. The Labute approximate surface area is 86.5 Å². The number of Topliss-reactive ketones (excluding diaryl/α,β-unsaturated/α-hetero) is 1. The van der Waals surface area contributed by atoms with Crippen molar-refractivity contribution in [1.29, 1.82) is 0 Å². The molecule has 0 spiro atoms. The van der Waals surface area contributed by atoms with Crippen LogP contribution in [0.25, 0.3) is 0 Å². The second kappa shape index (κ2) is 3.38. The molecule has 1 N–H and O–H groups in total. The lowest BCUT2D eigenvalue weighted by molar-refractivity contribution is 0.0686. The second-order valence-electron chi connectivity index (χ2n) is 3.54. The van der Waals surface area contributed by atoms with Crippen LogP contribution >= 0.6 is 0 Å². The molecular weight excluding hydrogens is 196 g/mol. The number of hydrogen-bond donors (Lipinski definition) is 1. The first-order chi connectivity index (χ1) is 7.09. The first-order valence-electron chi connectivity index (χ1n) is 4.65. The van der Waals surface area contributed by atoms with Crippen molar-refractivity contribution in [3.05, 3.63) is 29.3 Å². The van der Waals surface area contributed by atoms with Crippen LogP contribution in [0.3, 0.4) is 0 Å². The smallest absolute Gasteiger partial charge is 0.339 e. The monoisotopic (exact) mass is 206 g/mol. The molecule has 1 unspecified atom stereocenters. The predicted molar refractivity (Wildman–Crippen MR) is 52.4 cm³/mol. The van der Waals surface area contributed by atoms with Gasteiger partial charge in [0.05, 0.1) is 5.56 Å². The van der Waals surface area contributed by atoms with E-state index in [4.69, 9.17) is 9.84 Å². The van der Waals surface area contributed by atoms with E-state index in [0.29, 0.717) is 12.0 Å². The molecule has 4 heteroatoms. The fraction of sp³-hybridized carbons (Fsp3) is 0.273. The number of fused-ring (bicyclic) bond motifs is 1. The van der Waals surface area contributed by atoms with E-state index in [2.05, 4.69) is 0 Å². The van der Waals surface area contributed by atoms with Crippen LogP contribution in [-0.4, -0.2) is 23.0 Å². The second-order valence-corrected chi connectivity index (χ2v) is 3.54. The molecule has 2 rings (SSSR count). The van der Waals surface area contributed by atoms with Gasteiger partial charge in [-0.3, -0.25) is 4.79 Å². The molecule has 15 heavy (non-hydrogen) atoms. The lowest BCUT2D eigenvalue weighted by Crippen LogP contribution is -2.25. The molecule has 0 radical (unpaired) electrons. The maximum atomic E-state index is 11.6. The molecule has 1 aromatic rings. The summed E-state index contributed by atoms with van der Waals surface area (Å²) in [5.41, 5.74) is 0.417. The van der Waals surface area contributed by atoms with Crippen molar-refractivity contribution >= 4 is 11.8 Å². The Balaban J connectivity index is 2.59. The maximum absolute atomic E-state index is 11.6. The molecule has 0 aromatic heterocycles. The predicted octanol–water partition coefficient (Wildman–Crippen LogP) is 1.74. The van der Waals surface area contributed by atoms with Gasteiger partial charge >= 0.3 is 5.97 Å². The molecule has 0 bridgehead atoms. The van der Waals surface area contributed by atoms with E-state index in [9.17, 15) is 9.59 Å². The number of ketones is 1. The van der Waals surface area contributed by atoms with Crippen LogP contribution in [0.15, 0.2) is 18.2 Å². The average molecular weight is 206 g/mol. The first-order valence-corrected chi connectivity index (χ1v) is 4.65. The van der Waals surface area contributed by atoms with Gasteiger partial charge < -0.3 is 9.84 Å². The van der Waals surface area contributed by atoms with Crippen LogP contribution in [0.4, 0.5) is 0 Å². The van der Waals surface area contributed by atoms with E-state index >= 15 is 0 Å². The molecule has 1 heterocycles. The Morgan fingerprint density at radius 3 is 2.93 bits per heavy atom. The fourth-order valence-corrected chi connectivity index (χ4v) is 1.67. The Morgan fingerprint density at radius 1 is 1.53 bits per heavy atom. The minimum Gasteiger partial charge on any atom is -0.489 e. The molecule has 1 atom stereocenters. The summed E-state index contributed by atoms with van der Waals surface area (Å²) in [4.78, 5) is 22.5. The first kappa shape index (κ1) is 9.71.